The summed E-state index contributed by atoms with van der Waals surface area (Å²) in [5.41, 5.74) is 0.300. The van der Waals surface area contributed by atoms with Gasteiger partial charge in [-0.25, -0.2) is 4.79 Å². The predicted molar refractivity (Wildman–Crippen MR) is 105 cm³/mol. The van der Waals surface area contributed by atoms with Crippen LogP contribution in [0.3, 0.4) is 0 Å². The fraction of sp³-hybridized carbons (Fsp3) is 0.250. The van der Waals surface area contributed by atoms with Crippen molar-refractivity contribution in [3.8, 4) is 11.5 Å². The zero-order valence-corrected chi connectivity index (χ0v) is 15.7. The highest BCUT2D eigenvalue weighted by Gasteiger charge is 2.11. The minimum Gasteiger partial charge on any atom is -0.493 e. The number of hydrogen-bond acceptors (Lipinski definition) is 5. The Morgan fingerprint density at radius 1 is 1.07 bits per heavy atom. The van der Waals surface area contributed by atoms with Crippen molar-refractivity contribution in [2.75, 3.05) is 20.8 Å². The molecule has 146 valence electrons. The van der Waals surface area contributed by atoms with Gasteiger partial charge in [0.25, 0.3) is 5.56 Å². The maximum atomic E-state index is 12.4. The van der Waals surface area contributed by atoms with E-state index in [4.69, 9.17) is 9.47 Å². The van der Waals surface area contributed by atoms with Crippen molar-refractivity contribution in [3.63, 3.8) is 0 Å². The van der Waals surface area contributed by atoms with Crippen LogP contribution in [0.1, 0.15) is 5.56 Å². The van der Waals surface area contributed by atoms with Crippen LogP contribution in [-0.4, -0.2) is 36.2 Å². The van der Waals surface area contributed by atoms with Gasteiger partial charge in [-0.1, -0.05) is 18.2 Å². The molecule has 0 unspecified atom stereocenters. The summed E-state index contributed by atoms with van der Waals surface area (Å²) < 4.78 is 11.3. The summed E-state index contributed by atoms with van der Waals surface area (Å²) in [6.07, 6.45) is 0.565. The SMILES string of the molecule is COc1ccc(CCNC(=O)Cn2c(=O)[nH]c3ccccc3c2=O)cc1OC. The first-order valence-corrected chi connectivity index (χ1v) is 8.73. The topological polar surface area (TPSA) is 102 Å². The summed E-state index contributed by atoms with van der Waals surface area (Å²) in [4.78, 5) is 39.4. The minimum atomic E-state index is -0.612. The lowest BCUT2D eigenvalue weighted by molar-refractivity contribution is -0.121. The zero-order valence-electron chi connectivity index (χ0n) is 15.7. The van der Waals surface area contributed by atoms with Crippen LogP contribution in [0.25, 0.3) is 10.9 Å². The quantitative estimate of drug-likeness (QED) is 0.635. The fourth-order valence-corrected chi connectivity index (χ4v) is 2.92. The van der Waals surface area contributed by atoms with Gasteiger partial charge in [0.2, 0.25) is 5.91 Å². The van der Waals surface area contributed by atoms with E-state index in [1.807, 2.05) is 12.1 Å². The Hall–Kier alpha value is -3.55. The summed E-state index contributed by atoms with van der Waals surface area (Å²) in [6, 6.07) is 12.2. The molecule has 2 aromatic carbocycles. The van der Waals surface area contributed by atoms with Crippen molar-refractivity contribution >= 4 is 16.8 Å². The Balaban J connectivity index is 1.65. The van der Waals surface area contributed by atoms with Crippen LogP contribution in [-0.2, 0) is 17.8 Å². The number of aromatic amines is 1. The molecule has 0 aliphatic carbocycles. The molecule has 0 bridgehead atoms. The van der Waals surface area contributed by atoms with E-state index in [0.29, 0.717) is 35.4 Å². The third-order valence-electron chi connectivity index (χ3n) is 4.37. The molecule has 0 saturated carbocycles. The number of aromatic nitrogens is 2. The van der Waals surface area contributed by atoms with Gasteiger partial charge >= 0.3 is 5.69 Å². The summed E-state index contributed by atoms with van der Waals surface area (Å²) >= 11 is 0. The van der Waals surface area contributed by atoms with E-state index >= 15 is 0 Å². The fourth-order valence-electron chi connectivity index (χ4n) is 2.92. The molecular weight excluding hydrogens is 362 g/mol. The van der Waals surface area contributed by atoms with Gasteiger partial charge in [0.1, 0.15) is 6.54 Å². The summed E-state index contributed by atoms with van der Waals surface area (Å²) in [5.74, 6) is 0.828. The van der Waals surface area contributed by atoms with Crippen LogP contribution >= 0.6 is 0 Å². The summed E-state index contributed by atoms with van der Waals surface area (Å²) in [7, 11) is 3.12. The summed E-state index contributed by atoms with van der Waals surface area (Å²) in [6.45, 7) is 0.0134. The van der Waals surface area contributed by atoms with Crippen LogP contribution in [0.15, 0.2) is 52.1 Å². The molecule has 0 spiro atoms. The lowest BCUT2D eigenvalue weighted by Crippen LogP contribution is -2.41. The number of carbonyl (C=O) groups excluding carboxylic acids is 1. The number of nitrogens with one attached hydrogen (secondary N) is 2. The van der Waals surface area contributed by atoms with Crippen molar-refractivity contribution in [1.29, 1.82) is 0 Å². The number of amides is 1. The molecule has 1 amide bonds. The molecule has 28 heavy (non-hydrogen) atoms. The number of carbonyl (C=O) groups is 1. The van der Waals surface area contributed by atoms with Crippen LogP contribution < -0.4 is 26.0 Å². The maximum Gasteiger partial charge on any atom is 0.329 e. The van der Waals surface area contributed by atoms with Gasteiger partial charge < -0.3 is 19.8 Å². The van der Waals surface area contributed by atoms with Gasteiger partial charge in [-0.3, -0.25) is 14.2 Å². The van der Waals surface area contributed by atoms with Crippen LogP contribution in [0.4, 0.5) is 0 Å². The first-order valence-electron chi connectivity index (χ1n) is 8.73. The van der Waals surface area contributed by atoms with E-state index in [-0.39, 0.29) is 6.54 Å². The second kappa shape index (κ2) is 8.43. The number of fused-ring (bicyclic) bond motifs is 1. The monoisotopic (exact) mass is 383 g/mol. The zero-order chi connectivity index (χ0) is 20.1. The van der Waals surface area contributed by atoms with Crippen molar-refractivity contribution < 1.29 is 14.3 Å². The van der Waals surface area contributed by atoms with Crippen LogP contribution in [0, 0.1) is 0 Å². The Kier molecular flexibility index (Phi) is 5.78. The van der Waals surface area contributed by atoms with Gasteiger partial charge in [-0.05, 0) is 36.2 Å². The van der Waals surface area contributed by atoms with Crippen LogP contribution in [0.2, 0.25) is 0 Å². The molecule has 0 radical (unpaired) electrons. The molecule has 1 heterocycles. The third-order valence-corrected chi connectivity index (χ3v) is 4.37. The first-order chi connectivity index (χ1) is 13.5. The average molecular weight is 383 g/mol. The molecule has 8 nitrogen and oxygen atoms in total. The molecule has 8 heteroatoms. The Bertz CT molecular complexity index is 1120. The van der Waals surface area contributed by atoms with Gasteiger partial charge in [-0.15, -0.1) is 0 Å². The molecule has 0 saturated heterocycles. The lowest BCUT2D eigenvalue weighted by atomic mass is 10.1. The standard InChI is InChI=1S/C20H21N3O5/c1-27-16-8-7-13(11-17(16)28-2)9-10-21-18(24)12-23-19(25)14-5-3-4-6-15(14)22-20(23)26/h3-8,11H,9-10,12H2,1-2H3,(H,21,24)(H,22,26). The average Bonchev–Trinajstić information content (AvgIpc) is 2.71. The highest BCUT2D eigenvalue weighted by molar-refractivity contribution is 5.78. The first kappa shape index (κ1) is 19.2. The molecule has 0 aliphatic heterocycles. The van der Waals surface area contributed by atoms with E-state index in [2.05, 4.69) is 10.3 Å². The molecule has 3 aromatic rings. The molecule has 1 aromatic heterocycles. The number of nitrogens with zero attached hydrogens (tertiary/aromatic N) is 1. The van der Waals surface area contributed by atoms with Crippen LogP contribution in [0.5, 0.6) is 11.5 Å². The van der Waals surface area contributed by atoms with Gasteiger partial charge in [0.05, 0.1) is 25.1 Å². The van der Waals surface area contributed by atoms with E-state index in [1.165, 1.54) is 0 Å². The van der Waals surface area contributed by atoms with Gasteiger partial charge in [-0.2, -0.15) is 0 Å². The number of hydrogen-bond donors (Lipinski definition) is 2. The molecule has 3 rings (SSSR count). The number of ether oxygens (including phenoxy) is 2. The van der Waals surface area contributed by atoms with Crippen molar-refractivity contribution in [2.45, 2.75) is 13.0 Å². The lowest BCUT2D eigenvalue weighted by Gasteiger charge is -2.10. The predicted octanol–water partition coefficient (Wildman–Crippen LogP) is 1.07. The smallest absolute Gasteiger partial charge is 0.329 e. The van der Waals surface area contributed by atoms with E-state index < -0.39 is 17.2 Å². The van der Waals surface area contributed by atoms with E-state index in [1.54, 1.807) is 44.6 Å². The third kappa shape index (κ3) is 4.06. The van der Waals surface area contributed by atoms with E-state index in [9.17, 15) is 14.4 Å². The Morgan fingerprint density at radius 3 is 2.57 bits per heavy atom. The second-order valence-corrected chi connectivity index (χ2v) is 6.16. The molecule has 0 atom stereocenters. The van der Waals surface area contributed by atoms with Crippen molar-refractivity contribution in [3.05, 3.63) is 68.9 Å². The number of H-pyrrole nitrogens is 1. The van der Waals surface area contributed by atoms with Crippen molar-refractivity contribution in [2.24, 2.45) is 0 Å². The summed E-state index contributed by atoms with van der Waals surface area (Å²) in [5, 5.41) is 3.09. The van der Waals surface area contributed by atoms with E-state index in [0.717, 1.165) is 10.1 Å². The van der Waals surface area contributed by atoms with Crippen molar-refractivity contribution in [1.82, 2.24) is 14.9 Å². The maximum absolute atomic E-state index is 12.4. The number of rotatable bonds is 7. The minimum absolute atomic E-state index is 0.342. The molecular formula is C20H21N3O5. The largest absolute Gasteiger partial charge is 0.493 e. The number of benzene rings is 2. The highest BCUT2D eigenvalue weighted by Crippen LogP contribution is 2.27. The molecule has 0 aliphatic rings. The number of methoxy groups -OCH3 is 2. The Morgan fingerprint density at radius 2 is 1.82 bits per heavy atom. The molecule has 2 N–H and O–H groups in total. The van der Waals surface area contributed by atoms with Gasteiger partial charge in [0.15, 0.2) is 11.5 Å². The Labute approximate surface area is 160 Å². The second-order valence-electron chi connectivity index (χ2n) is 6.16. The molecule has 0 fully saturated rings. The number of para-hydroxylation sites is 1. The highest BCUT2D eigenvalue weighted by atomic mass is 16.5. The van der Waals surface area contributed by atoms with Gasteiger partial charge in [0, 0.05) is 6.54 Å². The normalized spacial score (nSPS) is 10.6.